The fourth-order valence-electron chi connectivity index (χ4n) is 2.08. The van der Waals surface area contributed by atoms with E-state index in [2.05, 4.69) is 5.10 Å². The number of nitrogens with zero attached hydrogens (tertiary/aromatic N) is 2. The van der Waals surface area contributed by atoms with Crippen molar-refractivity contribution in [3.05, 3.63) is 45.2 Å². The molecule has 0 saturated carbocycles. The number of hydrogen-bond donors (Lipinski definition) is 0. The predicted molar refractivity (Wildman–Crippen MR) is 77.7 cm³/mol. The first-order valence-electron chi connectivity index (χ1n) is 6.13. The van der Waals surface area contributed by atoms with Crippen molar-refractivity contribution < 1.29 is 4.79 Å². The Hall–Kier alpha value is -1.32. The first-order chi connectivity index (χ1) is 9.12. The highest BCUT2D eigenvalue weighted by Crippen LogP contribution is 2.26. The molecule has 0 aliphatic rings. The van der Waals surface area contributed by atoms with E-state index in [1.165, 1.54) is 0 Å². The molecule has 1 aromatic heterocycles. The lowest BCUT2D eigenvalue weighted by Crippen LogP contribution is -2.02. The summed E-state index contributed by atoms with van der Waals surface area (Å²) in [6.45, 7) is 3.98. The number of hydrogen-bond acceptors (Lipinski definition) is 2. The number of aryl methyl sites for hydroxylation is 1. The van der Waals surface area contributed by atoms with Crippen LogP contribution in [-0.4, -0.2) is 16.1 Å². The van der Waals surface area contributed by atoms with Crippen molar-refractivity contribution in [1.82, 2.24) is 9.78 Å². The predicted octanol–water partition coefficient (Wildman–Crippen LogP) is 4.12. The lowest BCUT2D eigenvalue weighted by molar-refractivity contribution is 0.112. The zero-order valence-corrected chi connectivity index (χ0v) is 12.3. The average molecular weight is 297 g/mol. The second-order valence-corrected chi connectivity index (χ2v) is 4.96. The highest BCUT2D eigenvalue weighted by molar-refractivity contribution is 6.42. The molecule has 0 spiro atoms. The fraction of sp³-hybridized carbons (Fsp3) is 0.286. The van der Waals surface area contributed by atoms with Gasteiger partial charge in [-0.3, -0.25) is 4.79 Å². The van der Waals surface area contributed by atoms with Crippen LogP contribution in [0.4, 0.5) is 0 Å². The van der Waals surface area contributed by atoms with Crippen molar-refractivity contribution in [2.24, 2.45) is 0 Å². The Morgan fingerprint density at radius 3 is 2.47 bits per heavy atom. The molecular formula is C14H14Cl2N2O. The van der Waals surface area contributed by atoms with Gasteiger partial charge in [0, 0.05) is 0 Å². The number of aromatic nitrogens is 2. The molecule has 1 aromatic carbocycles. The van der Waals surface area contributed by atoms with E-state index in [4.69, 9.17) is 23.2 Å². The van der Waals surface area contributed by atoms with Crippen molar-refractivity contribution in [2.45, 2.75) is 26.7 Å². The molecule has 0 bridgehead atoms. The second-order valence-electron chi connectivity index (χ2n) is 4.14. The largest absolute Gasteiger partial charge is 0.298 e. The van der Waals surface area contributed by atoms with Gasteiger partial charge in [-0.05, 0) is 31.0 Å². The van der Waals surface area contributed by atoms with E-state index < -0.39 is 0 Å². The highest BCUT2D eigenvalue weighted by atomic mass is 35.5. The Morgan fingerprint density at radius 1 is 1.21 bits per heavy atom. The van der Waals surface area contributed by atoms with Crippen LogP contribution in [0.1, 0.15) is 35.6 Å². The van der Waals surface area contributed by atoms with Crippen molar-refractivity contribution in [3.8, 4) is 5.69 Å². The molecule has 1 heterocycles. The third kappa shape index (κ3) is 2.53. The normalized spacial score (nSPS) is 10.7. The molecule has 0 radical (unpaired) electrons. The van der Waals surface area contributed by atoms with E-state index in [-0.39, 0.29) is 0 Å². The Kier molecular flexibility index (Phi) is 4.27. The minimum atomic E-state index is 0.474. The molecule has 2 aromatic rings. The summed E-state index contributed by atoms with van der Waals surface area (Å²) in [5.41, 5.74) is 3.19. The highest BCUT2D eigenvalue weighted by Gasteiger charge is 2.16. The standard InChI is InChI=1S/C14H14Cl2N2O/c1-3-13-10(8-19)14(4-2)18(17-13)9-5-6-11(15)12(16)7-9/h5-8H,3-4H2,1-2H3. The van der Waals surface area contributed by atoms with Crippen LogP contribution in [0.2, 0.25) is 10.0 Å². The average Bonchev–Trinajstić information content (AvgIpc) is 2.79. The molecule has 0 aliphatic carbocycles. The van der Waals surface area contributed by atoms with Crippen LogP contribution in [0.15, 0.2) is 18.2 Å². The first kappa shape index (κ1) is 14.1. The molecule has 0 atom stereocenters. The number of halogens is 2. The minimum Gasteiger partial charge on any atom is -0.298 e. The van der Waals surface area contributed by atoms with Crippen molar-refractivity contribution in [1.29, 1.82) is 0 Å². The van der Waals surface area contributed by atoms with Gasteiger partial charge < -0.3 is 0 Å². The van der Waals surface area contributed by atoms with Gasteiger partial charge in [0.15, 0.2) is 6.29 Å². The minimum absolute atomic E-state index is 0.474. The molecule has 0 fully saturated rings. The van der Waals surface area contributed by atoms with E-state index in [9.17, 15) is 4.79 Å². The van der Waals surface area contributed by atoms with Crippen LogP contribution in [-0.2, 0) is 12.8 Å². The maximum atomic E-state index is 11.2. The summed E-state index contributed by atoms with van der Waals surface area (Å²) in [7, 11) is 0. The maximum absolute atomic E-state index is 11.2. The van der Waals surface area contributed by atoms with Gasteiger partial charge in [0.05, 0.1) is 32.7 Å². The number of benzene rings is 1. The molecule has 0 amide bonds. The molecule has 0 aliphatic heterocycles. The van der Waals surface area contributed by atoms with Crippen LogP contribution in [0.5, 0.6) is 0 Å². The zero-order valence-electron chi connectivity index (χ0n) is 10.8. The molecule has 100 valence electrons. The quantitative estimate of drug-likeness (QED) is 0.796. The van der Waals surface area contributed by atoms with Gasteiger partial charge in [-0.1, -0.05) is 37.0 Å². The van der Waals surface area contributed by atoms with Crippen LogP contribution in [0.25, 0.3) is 5.69 Å². The summed E-state index contributed by atoms with van der Waals surface area (Å²) >= 11 is 11.9. The molecule has 19 heavy (non-hydrogen) atoms. The van der Waals surface area contributed by atoms with E-state index in [1.807, 2.05) is 19.9 Å². The first-order valence-corrected chi connectivity index (χ1v) is 6.89. The third-order valence-corrected chi connectivity index (χ3v) is 3.77. The number of carbonyl (C=O) groups excluding carboxylic acids is 1. The Labute approximate surface area is 122 Å². The third-order valence-electron chi connectivity index (χ3n) is 3.03. The summed E-state index contributed by atoms with van der Waals surface area (Å²) in [5.74, 6) is 0. The van der Waals surface area contributed by atoms with Gasteiger partial charge in [-0.15, -0.1) is 0 Å². The summed E-state index contributed by atoms with van der Waals surface area (Å²) in [5, 5.41) is 5.47. The van der Waals surface area contributed by atoms with E-state index in [1.54, 1.807) is 16.8 Å². The van der Waals surface area contributed by atoms with Gasteiger partial charge in [0.25, 0.3) is 0 Å². The SMILES string of the molecule is CCc1nn(-c2ccc(Cl)c(Cl)c2)c(CC)c1C=O. The Morgan fingerprint density at radius 2 is 1.95 bits per heavy atom. The van der Waals surface area contributed by atoms with Crippen molar-refractivity contribution >= 4 is 29.5 Å². The lowest BCUT2D eigenvalue weighted by atomic mass is 10.1. The monoisotopic (exact) mass is 296 g/mol. The summed E-state index contributed by atoms with van der Waals surface area (Å²) in [6, 6.07) is 5.32. The molecule has 5 heteroatoms. The fourth-order valence-corrected chi connectivity index (χ4v) is 2.38. The lowest BCUT2D eigenvalue weighted by Gasteiger charge is -2.07. The molecule has 0 unspecified atom stereocenters. The van der Waals surface area contributed by atoms with Crippen LogP contribution in [0.3, 0.4) is 0 Å². The topological polar surface area (TPSA) is 34.9 Å². The van der Waals surface area contributed by atoms with E-state index in [0.717, 1.165) is 36.2 Å². The second kappa shape index (κ2) is 5.76. The summed E-state index contributed by atoms with van der Waals surface area (Å²) in [6.07, 6.45) is 2.31. The molecule has 2 rings (SSSR count). The van der Waals surface area contributed by atoms with Crippen molar-refractivity contribution in [3.63, 3.8) is 0 Å². The Balaban J connectivity index is 2.64. The van der Waals surface area contributed by atoms with Gasteiger partial charge in [-0.2, -0.15) is 5.10 Å². The summed E-state index contributed by atoms with van der Waals surface area (Å²) in [4.78, 5) is 11.2. The van der Waals surface area contributed by atoms with Gasteiger partial charge >= 0.3 is 0 Å². The van der Waals surface area contributed by atoms with Gasteiger partial charge in [0.2, 0.25) is 0 Å². The molecule has 3 nitrogen and oxygen atoms in total. The van der Waals surface area contributed by atoms with Gasteiger partial charge in [0.1, 0.15) is 0 Å². The molecule has 0 saturated heterocycles. The van der Waals surface area contributed by atoms with Crippen LogP contribution in [0, 0.1) is 0 Å². The summed E-state index contributed by atoms with van der Waals surface area (Å²) < 4.78 is 1.77. The van der Waals surface area contributed by atoms with Crippen molar-refractivity contribution in [2.75, 3.05) is 0 Å². The van der Waals surface area contributed by atoms with E-state index >= 15 is 0 Å². The number of carbonyl (C=O) groups is 1. The van der Waals surface area contributed by atoms with Crippen LogP contribution >= 0.6 is 23.2 Å². The number of rotatable bonds is 4. The van der Waals surface area contributed by atoms with Crippen LogP contribution < -0.4 is 0 Å². The smallest absolute Gasteiger partial charge is 0.153 e. The molecular weight excluding hydrogens is 283 g/mol. The Bertz CT molecular complexity index is 620. The zero-order chi connectivity index (χ0) is 14.0. The van der Waals surface area contributed by atoms with E-state index in [0.29, 0.717) is 15.6 Å². The molecule has 0 N–H and O–H groups in total. The van der Waals surface area contributed by atoms with Gasteiger partial charge in [-0.25, -0.2) is 4.68 Å². The maximum Gasteiger partial charge on any atom is 0.153 e. The number of aldehydes is 1.